The zero-order valence-corrected chi connectivity index (χ0v) is 9.95. The molecule has 2 N–H and O–H groups in total. The SMILES string of the molecule is CCCCNC(=O)C(C)NCc1ccoc1. The fourth-order valence-corrected chi connectivity index (χ4v) is 1.30. The maximum absolute atomic E-state index is 11.6. The average molecular weight is 224 g/mol. The van der Waals surface area contributed by atoms with E-state index in [0.717, 1.165) is 24.9 Å². The number of furan rings is 1. The molecule has 0 aliphatic carbocycles. The molecule has 1 heterocycles. The van der Waals surface area contributed by atoms with Crippen LogP contribution in [0.5, 0.6) is 0 Å². The summed E-state index contributed by atoms with van der Waals surface area (Å²) in [5.41, 5.74) is 1.05. The summed E-state index contributed by atoms with van der Waals surface area (Å²) in [4.78, 5) is 11.6. The molecule has 0 radical (unpaired) electrons. The van der Waals surface area contributed by atoms with Crippen molar-refractivity contribution >= 4 is 5.91 Å². The van der Waals surface area contributed by atoms with Crippen LogP contribution in [0.15, 0.2) is 23.0 Å². The van der Waals surface area contributed by atoms with Crippen LogP contribution in [0.4, 0.5) is 0 Å². The molecule has 0 aliphatic heterocycles. The fraction of sp³-hybridized carbons (Fsp3) is 0.583. The van der Waals surface area contributed by atoms with Crippen LogP contribution in [0, 0.1) is 0 Å². The van der Waals surface area contributed by atoms with E-state index in [-0.39, 0.29) is 11.9 Å². The summed E-state index contributed by atoms with van der Waals surface area (Å²) < 4.78 is 4.95. The molecule has 1 amide bonds. The van der Waals surface area contributed by atoms with Gasteiger partial charge in [0.2, 0.25) is 5.91 Å². The first-order valence-corrected chi connectivity index (χ1v) is 5.76. The van der Waals surface area contributed by atoms with Crippen molar-refractivity contribution in [3.8, 4) is 0 Å². The summed E-state index contributed by atoms with van der Waals surface area (Å²) in [6.45, 7) is 5.38. The number of carbonyl (C=O) groups excluding carboxylic acids is 1. The van der Waals surface area contributed by atoms with E-state index >= 15 is 0 Å². The summed E-state index contributed by atoms with van der Waals surface area (Å²) in [7, 11) is 0. The summed E-state index contributed by atoms with van der Waals surface area (Å²) in [6.07, 6.45) is 5.43. The van der Waals surface area contributed by atoms with E-state index in [2.05, 4.69) is 17.6 Å². The van der Waals surface area contributed by atoms with Crippen LogP contribution in [-0.4, -0.2) is 18.5 Å². The Labute approximate surface area is 96.4 Å². The highest BCUT2D eigenvalue weighted by Crippen LogP contribution is 1.99. The predicted octanol–water partition coefficient (Wildman–Crippen LogP) is 1.67. The lowest BCUT2D eigenvalue weighted by Gasteiger charge is -2.13. The summed E-state index contributed by atoms with van der Waals surface area (Å²) in [5.74, 6) is 0.0527. The Morgan fingerprint density at radius 3 is 3.00 bits per heavy atom. The molecule has 1 atom stereocenters. The van der Waals surface area contributed by atoms with Crippen molar-refractivity contribution in [3.05, 3.63) is 24.2 Å². The first kappa shape index (κ1) is 12.8. The van der Waals surface area contributed by atoms with Gasteiger partial charge in [0.25, 0.3) is 0 Å². The van der Waals surface area contributed by atoms with Gasteiger partial charge in [-0.25, -0.2) is 0 Å². The zero-order valence-electron chi connectivity index (χ0n) is 9.95. The quantitative estimate of drug-likeness (QED) is 0.693. The molecule has 4 heteroatoms. The number of hydrogen-bond acceptors (Lipinski definition) is 3. The second kappa shape index (κ2) is 7.06. The second-order valence-corrected chi connectivity index (χ2v) is 3.88. The molecule has 0 saturated heterocycles. The molecular formula is C12H20N2O2. The Balaban J connectivity index is 2.18. The van der Waals surface area contributed by atoms with E-state index in [9.17, 15) is 4.79 Å². The van der Waals surface area contributed by atoms with Gasteiger partial charge in [0.1, 0.15) is 0 Å². The Morgan fingerprint density at radius 1 is 1.56 bits per heavy atom. The number of nitrogens with one attached hydrogen (secondary N) is 2. The molecule has 1 rings (SSSR count). The number of hydrogen-bond donors (Lipinski definition) is 2. The number of amides is 1. The standard InChI is InChI=1S/C12H20N2O2/c1-3-4-6-13-12(15)10(2)14-8-11-5-7-16-9-11/h5,7,9-10,14H,3-4,6,8H2,1-2H3,(H,13,15). The van der Waals surface area contributed by atoms with Crippen molar-refractivity contribution in [2.24, 2.45) is 0 Å². The molecule has 1 aromatic heterocycles. The van der Waals surface area contributed by atoms with E-state index in [1.54, 1.807) is 12.5 Å². The first-order valence-electron chi connectivity index (χ1n) is 5.76. The van der Waals surface area contributed by atoms with Gasteiger partial charge in [0.15, 0.2) is 0 Å². The van der Waals surface area contributed by atoms with Gasteiger partial charge >= 0.3 is 0 Å². The minimum absolute atomic E-state index is 0.0527. The van der Waals surface area contributed by atoms with E-state index < -0.39 is 0 Å². The largest absolute Gasteiger partial charge is 0.472 e. The van der Waals surface area contributed by atoms with Crippen molar-refractivity contribution in [1.29, 1.82) is 0 Å². The maximum atomic E-state index is 11.6. The van der Waals surface area contributed by atoms with Gasteiger partial charge in [-0.2, -0.15) is 0 Å². The van der Waals surface area contributed by atoms with Gasteiger partial charge in [0.05, 0.1) is 18.6 Å². The molecule has 1 aromatic rings. The second-order valence-electron chi connectivity index (χ2n) is 3.88. The van der Waals surface area contributed by atoms with E-state index in [1.807, 2.05) is 13.0 Å². The van der Waals surface area contributed by atoms with E-state index in [0.29, 0.717) is 6.54 Å². The number of rotatable bonds is 7. The van der Waals surface area contributed by atoms with Crippen molar-refractivity contribution in [3.63, 3.8) is 0 Å². The van der Waals surface area contributed by atoms with Crippen LogP contribution >= 0.6 is 0 Å². The van der Waals surface area contributed by atoms with Gasteiger partial charge in [0, 0.05) is 18.7 Å². The van der Waals surface area contributed by atoms with Gasteiger partial charge in [-0.05, 0) is 19.4 Å². The Morgan fingerprint density at radius 2 is 2.38 bits per heavy atom. The smallest absolute Gasteiger partial charge is 0.236 e. The van der Waals surface area contributed by atoms with Crippen molar-refractivity contribution in [2.45, 2.75) is 39.3 Å². The lowest BCUT2D eigenvalue weighted by molar-refractivity contribution is -0.122. The molecule has 16 heavy (non-hydrogen) atoms. The fourth-order valence-electron chi connectivity index (χ4n) is 1.30. The highest BCUT2D eigenvalue weighted by atomic mass is 16.3. The molecule has 0 bridgehead atoms. The summed E-state index contributed by atoms with van der Waals surface area (Å²) >= 11 is 0. The number of carbonyl (C=O) groups is 1. The molecule has 0 fully saturated rings. The molecule has 4 nitrogen and oxygen atoms in total. The first-order chi connectivity index (χ1) is 7.74. The lowest BCUT2D eigenvalue weighted by Crippen LogP contribution is -2.42. The molecule has 1 unspecified atom stereocenters. The third-order valence-corrected chi connectivity index (χ3v) is 2.42. The molecule has 0 spiro atoms. The van der Waals surface area contributed by atoms with Crippen molar-refractivity contribution in [1.82, 2.24) is 10.6 Å². The third kappa shape index (κ3) is 4.49. The maximum Gasteiger partial charge on any atom is 0.236 e. The van der Waals surface area contributed by atoms with Gasteiger partial charge in [-0.15, -0.1) is 0 Å². The molecule has 0 saturated carbocycles. The van der Waals surface area contributed by atoms with E-state index in [4.69, 9.17) is 4.42 Å². The van der Waals surface area contributed by atoms with Gasteiger partial charge in [-0.3, -0.25) is 4.79 Å². The highest BCUT2D eigenvalue weighted by molar-refractivity contribution is 5.81. The van der Waals surface area contributed by atoms with Crippen LogP contribution in [-0.2, 0) is 11.3 Å². The average Bonchev–Trinajstić information content (AvgIpc) is 2.79. The van der Waals surface area contributed by atoms with Crippen LogP contribution in [0.2, 0.25) is 0 Å². The Bertz CT molecular complexity index is 296. The summed E-state index contributed by atoms with van der Waals surface area (Å²) in [5, 5.41) is 6.03. The van der Waals surface area contributed by atoms with Crippen LogP contribution in [0.25, 0.3) is 0 Å². The third-order valence-electron chi connectivity index (χ3n) is 2.42. The Kier molecular flexibility index (Phi) is 5.64. The van der Waals surface area contributed by atoms with Crippen LogP contribution in [0.1, 0.15) is 32.3 Å². The van der Waals surface area contributed by atoms with Crippen LogP contribution in [0.3, 0.4) is 0 Å². The topological polar surface area (TPSA) is 54.3 Å². The minimum Gasteiger partial charge on any atom is -0.472 e. The normalized spacial score (nSPS) is 12.4. The minimum atomic E-state index is -0.174. The lowest BCUT2D eigenvalue weighted by atomic mass is 10.2. The molecule has 0 aliphatic rings. The zero-order chi connectivity index (χ0) is 11.8. The molecular weight excluding hydrogens is 204 g/mol. The predicted molar refractivity (Wildman–Crippen MR) is 62.9 cm³/mol. The van der Waals surface area contributed by atoms with Gasteiger partial charge in [-0.1, -0.05) is 13.3 Å². The molecule has 90 valence electrons. The summed E-state index contributed by atoms with van der Waals surface area (Å²) in [6, 6.07) is 1.71. The monoisotopic (exact) mass is 224 g/mol. The highest BCUT2D eigenvalue weighted by Gasteiger charge is 2.10. The van der Waals surface area contributed by atoms with Crippen LogP contribution < -0.4 is 10.6 Å². The van der Waals surface area contributed by atoms with Crippen molar-refractivity contribution < 1.29 is 9.21 Å². The van der Waals surface area contributed by atoms with Crippen molar-refractivity contribution in [2.75, 3.05) is 6.54 Å². The molecule has 0 aromatic carbocycles. The number of unbranched alkanes of at least 4 members (excludes halogenated alkanes) is 1. The van der Waals surface area contributed by atoms with E-state index in [1.165, 1.54) is 0 Å². The Hall–Kier alpha value is -1.29. The van der Waals surface area contributed by atoms with Gasteiger partial charge < -0.3 is 15.1 Å².